The van der Waals surface area contributed by atoms with E-state index < -0.39 is 0 Å². The van der Waals surface area contributed by atoms with Crippen LogP contribution in [-0.2, 0) is 4.79 Å². The minimum absolute atomic E-state index is 0.0258. The normalized spacial score (nSPS) is 11.8. The number of para-hydroxylation sites is 1. The maximum atomic E-state index is 12.5. The van der Waals surface area contributed by atoms with E-state index >= 15 is 0 Å². The molecule has 1 aromatic heterocycles. The van der Waals surface area contributed by atoms with Gasteiger partial charge in [-0.2, -0.15) is 0 Å². The van der Waals surface area contributed by atoms with Gasteiger partial charge in [0.05, 0.1) is 0 Å². The van der Waals surface area contributed by atoms with Crippen LogP contribution in [0.3, 0.4) is 0 Å². The average molecular weight is 426 g/mol. The highest BCUT2D eigenvalue weighted by molar-refractivity contribution is 5.95. The Kier molecular flexibility index (Phi) is 6.66. The highest BCUT2D eigenvalue weighted by Gasteiger charge is 2.19. The van der Waals surface area contributed by atoms with Gasteiger partial charge in [0, 0.05) is 48.1 Å². The Morgan fingerprint density at radius 1 is 0.875 bits per heavy atom. The third kappa shape index (κ3) is 4.89. The third-order valence-electron chi connectivity index (χ3n) is 5.73. The molecule has 0 aliphatic rings. The molecule has 1 heterocycles. The zero-order valence-electron chi connectivity index (χ0n) is 18.1. The fourth-order valence-corrected chi connectivity index (χ4v) is 3.99. The number of benzene rings is 3. The van der Waals surface area contributed by atoms with E-state index in [9.17, 15) is 9.59 Å². The molecule has 5 nitrogen and oxygen atoms in total. The van der Waals surface area contributed by atoms with Gasteiger partial charge in [-0.05, 0) is 35.7 Å². The number of hydrogen-bond acceptors (Lipinski definition) is 2. The fraction of sp³-hybridized carbons (Fsp3) is 0.185. The van der Waals surface area contributed by atoms with Crippen molar-refractivity contribution >= 4 is 22.7 Å². The number of rotatable bonds is 8. The second kappa shape index (κ2) is 9.96. The van der Waals surface area contributed by atoms with Crippen molar-refractivity contribution in [3.05, 3.63) is 107 Å². The Morgan fingerprint density at radius 3 is 2.41 bits per heavy atom. The van der Waals surface area contributed by atoms with Gasteiger partial charge >= 0.3 is 0 Å². The smallest absolute Gasteiger partial charge is 0.251 e. The second-order valence-corrected chi connectivity index (χ2v) is 7.88. The van der Waals surface area contributed by atoms with Gasteiger partial charge in [0.1, 0.15) is 0 Å². The van der Waals surface area contributed by atoms with Crippen molar-refractivity contribution in [2.45, 2.75) is 19.3 Å². The highest BCUT2D eigenvalue weighted by atomic mass is 16.2. The van der Waals surface area contributed by atoms with E-state index in [4.69, 9.17) is 0 Å². The van der Waals surface area contributed by atoms with Crippen LogP contribution in [0.15, 0.2) is 85.1 Å². The quantitative estimate of drug-likeness (QED) is 0.388. The van der Waals surface area contributed by atoms with Crippen LogP contribution >= 0.6 is 0 Å². The first-order valence-electron chi connectivity index (χ1n) is 10.8. The number of aryl methyl sites for hydroxylation is 1. The molecule has 0 radical (unpaired) electrons. The van der Waals surface area contributed by atoms with Crippen LogP contribution in [0.1, 0.15) is 39.4 Å². The van der Waals surface area contributed by atoms with Gasteiger partial charge in [-0.1, -0.05) is 66.7 Å². The maximum Gasteiger partial charge on any atom is 0.251 e. The first-order chi connectivity index (χ1) is 15.6. The molecule has 2 amide bonds. The summed E-state index contributed by atoms with van der Waals surface area (Å²) in [6.07, 6.45) is 2.25. The molecule has 0 aliphatic carbocycles. The lowest BCUT2D eigenvalue weighted by molar-refractivity contribution is -0.120. The molecule has 0 bridgehead atoms. The summed E-state index contributed by atoms with van der Waals surface area (Å²) in [6, 6.07) is 25.8. The van der Waals surface area contributed by atoms with Crippen molar-refractivity contribution in [1.82, 2.24) is 15.6 Å². The molecule has 0 saturated heterocycles. The maximum absolute atomic E-state index is 12.5. The van der Waals surface area contributed by atoms with Crippen molar-refractivity contribution in [1.29, 1.82) is 0 Å². The van der Waals surface area contributed by atoms with Crippen LogP contribution in [0.4, 0.5) is 0 Å². The molecular formula is C27H27N3O2. The number of hydrogen-bond donors (Lipinski definition) is 3. The standard InChI is InChI=1S/C27H27N3O2/c1-19-9-5-6-12-21(19)27(32)28-16-15-26(31)30-17-23(20-10-3-2-4-11-20)24-18-29-25-14-8-7-13-22(24)25/h2-14,18,23,29H,15-17H2,1H3,(H,28,32)(H,30,31)/t23-/m1/s1. The molecule has 5 heteroatoms. The lowest BCUT2D eigenvalue weighted by atomic mass is 9.91. The van der Waals surface area contributed by atoms with Gasteiger partial charge in [0.15, 0.2) is 0 Å². The molecule has 3 N–H and O–H groups in total. The zero-order chi connectivity index (χ0) is 22.3. The molecule has 4 rings (SSSR count). The summed E-state index contributed by atoms with van der Waals surface area (Å²) in [4.78, 5) is 28.2. The van der Waals surface area contributed by atoms with E-state index in [-0.39, 0.29) is 24.2 Å². The Balaban J connectivity index is 1.39. The topological polar surface area (TPSA) is 74.0 Å². The van der Waals surface area contributed by atoms with E-state index in [1.165, 1.54) is 0 Å². The number of aromatic amines is 1. The van der Waals surface area contributed by atoms with E-state index in [0.29, 0.717) is 18.7 Å². The first kappa shape index (κ1) is 21.4. The molecule has 1 atom stereocenters. The van der Waals surface area contributed by atoms with Crippen molar-refractivity contribution < 1.29 is 9.59 Å². The molecule has 0 unspecified atom stereocenters. The number of aromatic nitrogens is 1. The summed E-state index contributed by atoms with van der Waals surface area (Å²) < 4.78 is 0. The van der Waals surface area contributed by atoms with Gasteiger partial charge in [0.2, 0.25) is 5.91 Å². The van der Waals surface area contributed by atoms with Crippen molar-refractivity contribution in [3.63, 3.8) is 0 Å². The van der Waals surface area contributed by atoms with E-state index in [2.05, 4.69) is 39.9 Å². The largest absolute Gasteiger partial charge is 0.361 e. The average Bonchev–Trinajstić information content (AvgIpc) is 3.24. The minimum atomic E-state index is -0.156. The minimum Gasteiger partial charge on any atom is -0.361 e. The van der Waals surface area contributed by atoms with E-state index in [0.717, 1.165) is 27.6 Å². The van der Waals surface area contributed by atoms with Crippen LogP contribution in [0.5, 0.6) is 0 Å². The number of H-pyrrole nitrogens is 1. The van der Waals surface area contributed by atoms with Crippen molar-refractivity contribution in [2.75, 3.05) is 13.1 Å². The predicted molar refractivity (Wildman–Crippen MR) is 128 cm³/mol. The number of nitrogens with one attached hydrogen (secondary N) is 3. The number of amides is 2. The Morgan fingerprint density at radius 2 is 1.59 bits per heavy atom. The van der Waals surface area contributed by atoms with Gasteiger partial charge in [-0.15, -0.1) is 0 Å². The molecule has 4 aromatic rings. The molecule has 162 valence electrons. The van der Waals surface area contributed by atoms with Crippen LogP contribution in [0.25, 0.3) is 10.9 Å². The van der Waals surface area contributed by atoms with E-state index in [1.54, 1.807) is 6.07 Å². The molecule has 0 fully saturated rings. The van der Waals surface area contributed by atoms with E-state index in [1.807, 2.05) is 61.7 Å². The summed E-state index contributed by atoms with van der Waals surface area (Å²) in [6.45, 7) is 2.68. The van der Waals surface area contributed by atoms with Gasteiger partial charge in [-0.25, -0.2) is 0 Å². The molecule has 3 aromatic carbocycles. The highest BCUT2D eigenvalue weighted by Crippen LogP contribution is 2.30. The number of fused-ring (bicyclic) bond motifs is 1. The van der Waals surface area contributed by atoms with Crippen LogP contribution in [-0.4, -0.2) is 29.9 Å². The molecule has 0 aliphatic heterocycles. The summed E-state index contributed by atoms with van der Waals surface area (Å²) in [5.41, 5.74) is 4.93. The van der Waals surface area contributed by atoms with Crippen molar-refractivity contribution in [2.24, 2.45) is 0 Å². The summed E-state index contributed by atoms with van der Waals surface area (Å²) in [7, 11) is 0. The SMILES string of the molecule is Cc1ccccc1C(=O)NCCC(=O)NC[C@H](c1ccccc1)c1c[nH]c2ccccc12. The summed E-state index contributed by atoms with van der Waals surface area (Å²) >= 11 is 0. The zero-order valence-corrected chi connectivity index (χ0v) is 18.1. The fourth-order valence-electron chi connectivity index (χ4n) is 3.99. The van der Waals surface area contributed by atoms with Crippen LogP contribution < -0.4 is 10.6 Å². The van der Waals surface area contributed by atoms with Crippen LogP contribution in [0.2, 0.25) is 0 Å². The molecule has 0 spiro atoms. The van der Waals surface area contributed by atoms with Gasteiger partial charge in [0.25, 0.3) is 5.91 Å². The third-order valence-corrected chi connectivity index (χ3v) is 5.73. The van der Waals surface area contributed by atoms with Crippen LogP contribution in [0, 0.1) is 6.92 Å². The molecular weight excluding hydrogens is 398 g/mol. The number of carbonyl (C=O) groups excluding carboxylic acids is 2. The molecule has 0 saturated carbocycles. The Labute approximate surface area is 187 Å². The Hall–Kier alpha value is -3.86. The second-order valence-electron chi connectivity index (χ2n) is 7.88. The lowest BCUT2D eigenvalue weighted by Gasteiger charge is -2.18. The summed E-state index contributed by atoms with van der Waals surface area (Å²) in [5.74, 6) is -0.217. The predicted octanol–water partition coefficient (Wildman–Crippen LogP) is 4.54. The lowest BCUT2D eigenvalue weighted by Crippen LogP contribution is -2.33. The Bertz CT molecular complexity index is 1210. The summed E-state index contributed by atoms with van der Waals surface area (Å²) in [5, 5.41) is 7.05. The monoisotopic (exact) mass is 425 g/mol. The number of carbonyl (C=O) groups is 2. The molecule has 32 heavy (non-hydrogen) atoms. The first-order valence-corrected chi connectivity index (χ1v) is 10.8. The van der Waals surface area contributed by atoms with Gasteiger partial charge in [-0.3, -0.25) is 9.59 Å². The van der Waals surface area contributed by atoms with Gasteiger partial charge < -0.3 is 15.6 Å². The van der Waals surface area contributed by atoms with Crippen molar-refractivity contribution in [3.8, 4) is 0 Å².